The molecule has 8 nitrogen and oxygen atoms in total. The summed E-state index contributed by atoms with van der Waals surface area (Å²) in [5, 5.41) is 12.9. The maximum absolute atomic E-state index is 12.2. The summed E-state index contributed by atoms with van der Waals surface area (Å²) >= 11 is 12.8. The van der Waals surface area contributed by atoms with E-state index in [0.717, 1.165) is 40.5 Å². The van der Waals surface area contributed by atoms with Crippen LogP contribution in [0.3, 0.4) is 0 Å². The number of ether oxygens (including phenoxy) is 1. The van der Waals surface area contributed by atoms with Gasteiger partial charge in [0.15, 0.2) is 11.5 Å². The van der Waals surface area contributed by atoms with E-state index in [0.29, 0.717) is 11.3 Å². The number of nitrogens with zero attached hydrogens (tertiary/aromatic N) is 3. The lowest BCUT2D eigenvalue weighted by atomic mass is 9.96. The minimum absolute atomic E-state index is 0.0512. The maximum Gasteiger partial charge on any atom is 0.349 e. The Morgan fingerprint density at radius 2 is 1.73 bits per heavy atom. The number of unbranched alkanes of at least 4 members (excludes halogenated alkanes) is 1. The Labute approximate surface area is 244 Å². The van der Waals surface area contributed by atoms with Crippen LogP contribution in [0.2, 0.25) is 10.0 Å². The van der Waals surface area contributed by atoms with E-state index in [1.165, 1.54) is 19.1 Å². The summed E-state index contributed by atoms with van der Waals surface area (Å²) in [5.41, 5.74) is 0.152. The van der Waals surface area contributed by atoms with Crippen LogP contribution >= 0.6 is 23.2 Å². The van der Waals surface area contributed by atoms with Gasteiger partial charge in [0.1, 0.15) is 11.8 Å². The zero-order chi connectivity index (χ0) is 30.1. The van der Waals surface area contributed by atoms with Crippen LogP contribution in [0.5, 0.6) is 11.5 Å². The number of allylic oxidation sites excluding steroid dienone is 2. The first kappa shape index (κ1) is 32.5. The molecule has 3 rings (SSSR count). The molecule has 0 radical (unpaired) electrons. The fourth-order valence-electron chi connectivity index (χ4n) is 3.22. The van der Waals surface area contributed by atoms with Crippen LogP contribution in [-0.2, 0) is 4.79 Å². The van der Waals surface area contributed by atoms with Crippen molar-refractivity contribution in [3.8, 4) is 23.3 Å². The SMILES string of the molecule is CC(C)C(C)C.CCC/C=C(/C(C)=O)c1cc(Oc2c(Cl)cc(-n3nc(C#N)c(=O)[nH]c3=O)cc2Cl)ccc1C. The first-order chi connectivity index (χ1) is 18.8. The third-order valence-corrected chi connectivity index (χ3v) is 6.79. The third kappa shape index (κ3) is 8.41. The number of H-pyrrole nitrogens is 1. The highest BCUT2D eigenvalue weighted by Gasteiger charge is 2.17. The summed E-state index contributed by atoms with van der Waals surface area (Å²) in [6.07, 6.45) is 3.59. The minimum atomic E-state index is -0.894. The molecule has 1 aromatic heterocycles. The average Bonchev–Trinajstić information content (AvgIpc) is 2.88. The second kappa shape index (κ2) is 14.6. The van der Waals surface area contributed by atoms with Crippen LogP contribution in [0.25, 0.3) is 11.3 Å². The first-order valence-corrected chi connectivity index (χ1v) is 13.7. The molecule has 0 unspecified atom stereocenters. The number of halogens is 2. The Morgan fingerprint density at radius 3 is 2.23 bits per heavy atom. The van der Waals surface area contributed by atoms with Crippen molar-refractivity contribution < 1.29 is 9.53 Å². The van der Waals surface area contributed by atoms with Gasteiger partial charge in [0.2, 0.25) is 5.69 Å². The van der Waals surface area contributed by atoms with Crippen LogP contribution in [0.15, 0.2) is 46.0 Å². The van der Waals surface area contributed by atoms with E-state index in [9.17, 15) is 14.4 Å². The normalized spacial score (nSPS) is 11.2. The molecule has 0 saturated carbocycles. The van der Waals surface area contributed by atoms with Gasteiger partial charge in [0, 0.05) is 5.57 Å². The number of aromatic amines is 1. The van der Waals surface area contributed by atoms with Gasteiger partial charge in [-0.3, -0.25) is 14.6 Å². The zero-order valence-corrected chi connectivity index (χ0v) is 25.3. The van der Waals surface area contributed by atoms with E-state index in [4.69, 9.17) is 33.2 Å². The van der Waals surface area contributed by atoms with Crippen molar-refractivity contribution in [3.05, 3.63) is 84.1 Å². The van der Waals surface area contributed by atoms with Crippen LogP contribution in [0, 0.1) is 30.1 Å². The quantitative estimate of drug-likeness (QED) is 0.278. The fraction of sp³-hybridized carbons (Fsp3) is 0.367. The highest BCUT2D eigenvalue weighted by molar-refractivity contribution is 6.37. The lowest BCUT2D eigenvalue weighted by Gasteiger charge is -2.14. The van der Waals surface area contributed by atoms with Crippen molar-refractivity contribution in [2.75, 3.05) is 0 Å². The number of benzene rings is 2. The second-order valence-corrected chi connectivity index (χ2v) is 10.7. The van der Waals surface area contributed by atoms with E-state index in [2.05, 4.69) is 32.8 Å². The van der Waals surface area contributed by atoms with Crippen molar-refractivity contribution in [3.63, 3.8) is 0 Å². The Hall–Kier alpha value is -3.67. The molecule has 1 N–H and O–H groups in total. The van der Waals surface area contributed by atoms with Gasteiger partial charge in [-0.05, 0) is 67.5 Å². The van der Waals surface area contributed by atoms with E-state index in [-0.39, 0.29) is 27.3 Å². The number of aryl methyl sites for hydroxylation is 1. The molecular weight excluding hydrogens is 551 g/mol. The van der Waals surface area contributed by atoms with Crippen LogP contribution in [0.4, 0.5) is 0 Å². The van der Waals surface area contributed by atoms with Gasteiger partial charge < -0.3 is 4.74 Å². The first-order valence-electron chi connectivity index (χ1n) is 12.9. The molecule has 2 aromatic carbocycles. The fourth-order valence-corrected chi connectivity index (χ4v) is 3.77. The number of hydrogen-bond acceptors (Lipinski definition) is 6. The Balaban J connectivity index is 0.000000840. The number of Topliss-reactive ketones (excluding diaryl/α,β-unsaturated/α-hetero) is 1. The Bertz CT molecular complexity index is 1530. The van der Waals surface area contributed by atoms with Gasteiger partial charge in [0.05, 0.1) is 15.7 Å². The Kier molecular flexibility index (Phi) is 11.9. The van der Waals surface area contributed by atoms with Gasteiger partial charge in [-0.1, -0.05) is 76.4 Å². The van der Waals surface area contributed by atoms with Crippen molar-refractivity contribution in [1.29, 1.82) is 5.26 Å². The Morgan fingerprint density at radius 1 is 1.12 bits per heavy atom. The maximum atomic E-state index is 12.2. The highest BCUT2D eigenvalue weighted by atomic mass is 35.5. The average molecular weight is 586 g/mol. The molecule has 0 fully saturated rings. The molecule has 3 aromatic rings. The van der Waals surface area contributed by atoms with E-state index in [1.807, 2.05) is 31.0 Å². The smallest absolute Gasteiger partial charge is 0.349 e. The van der Waals surface area contributed by atoms with Crippen molar-refractivity contribution in [1.82, 2.24) is 14.8 Å². The number of aromatic nitrogens is 3. The molecule has 0 atom stereocenters. The highest BCUT2D eigenvalue weighted by Crippen LogP contribution is 2.39. The predicted molar refractivity (Wildman–Crippen MR) is 160 cm³/mol. The van der Waals surface area contributed by atoms with Crippen LogP contribution in [0.1, 0.15) is 71.2 Å². The van der Waals surface area contributed by atoms with Gasteiger partial charge in [0.25, 0.3) is 5.56 Å². The summed E-state index contributed by atoms with van der Waals surface area (Å²) in [7, 11) is 0. The number of hydrogen-bond donors (Lipinski definition) is 1. The molecule has 0 aliphatic rings. The van der Waals surface area contributed by atoms with E-state index in [1.54, 1.807) is 18.2 Å². The summed E-state index contributed by atoms with van der Waals surface area (Å²) in [5.74, 6) is 2.19. The summed E-state index contributed by atoms with van der Waals surface area (Å²) in [6, 6.07) is 9.65. The number of carbonyl (C=O) groups is 1. The molecule has 0 aliphatic heterocycles. The number of nitriles is 1. The van der Waals surface area contributed by atoms with Crippen LogP contribution < -0.4 is 16.0 Å². The molecular formula is C30H34Cl2N4O4. The number of ketones is 1. The monoisotopic (exact) mass is 584 g/mol. The predicted octanol–water partition coefficient (Wildman–Crippen LogP) is 7.27. The molecule has 0 aliphatic carbocycles. The molecule has 0 saturated heterocycles. The van der Waals surface area contributed by atoms with Gasteiger partial charge in [-0.25, -0.2) is 4.79 Å². The van der Waals surface area contributed by atoms with Crippen molar-refractivity contribution in [2.45, 2.75) is 61.3 Å². The minimum Gasteiger partial charge on any atom is -0.454 e. The molecule has 0 spiro atoms. The van der Waals surface area contributed by atoms with Crippen molar-refractivity contribution in [2.24, 2.45) is 11.8 Å². The topological polar surface area (TPSA) is 118 Å². The summed E-state index contributed by atoms with van der Waals surface area (Å²) in [4.78, 5) is 38.0. The van der Waals surface area contributed by atoms with Crippen LogP contribution in [-0.4, -0.2) is 20.5 Å². The lowest BCUT2D eigenvalue weighted by molar-refractivity contribution is -0.111. The summed E-state index contributed by atoms with van der Waals surface area (Å²) < 4.78 is 6.74. The van der Waals surface area contributed by atoms with E-state index >= 15 is 0 Å². The molecule has 1 heterocycles. The van der Waals surface area contributed by atoms with E-state index < -0.39 is 16.9 Å². The van der Waals surface area contributed by atoms with Gasteiger partial charge >= 0.3 is 5.69 Å². The molecule has 212 valence electrons. The largest absolute Gasteiger partial charge is 0.454 e. The molecule has 0 amide bonds. The van der Waals surface area contributed by atoms with Crippen molar-refractivity contribution >= 4 is 34.6 Å². The van der Waals surface area contributed by atoms with Gasteiger partial charge in [-0.2, -0.15) is 9.94 Å². The zero-order valence-electron chi connectivity index (χ0n) is 23.8. The second-order valence-electron chi connectivity index (χ2n) is 9.90. The lowest BCUT2D eigenvalue weighted by Crippen LogP contribution is -2.33. The number of nitrogens with one attached hydrogen (secondary N) is 1. The van der Waals surface area contributed by atoms with Gasteiger partial charge in [-0.15, -0.1) is 5.10 Å². The number of rotatable bonds is 8. The standard InChI is InChI=1S/C24H20Cl2N4O4.C6H14/c1-4-5-6-17(14(3)31)18-11-16(8-7-13(18)2)34-22-19(25)9-15(10-20(22)26)30-24(33)28-23(32)21(12-27)29-30;1-5(2)6(3)4/h6-11H,4-5H2,1-3H3,(H,28,32,33);5-6H,1-4H3/b17-6-;. The summed E-state index contributed by atoms with van der Waals surface area (Å²) in [6.45, 7) is 14.4. The molecule has 10 heteroatoms. The molecule has 0 bridgehead atoms. The number of carbonyl (C=O) groups excluding carboxylic acids is 1. The molecule has 40 heavy (non-hydrogen) atoms. The third-order valence-electron chi connectivity index (χ3n) is 6.23.